The second kappa shape index (κ2) is 11.2. The molecule has 2 amide bonds. The molecule has 204 valence electrons. The SMILES string of the molecule is CC1CCC2(CN([C@H](C(=O)OCc3ccccc3)[C@@H](C)OCc3ccccc3)C2=O)N1C(=O)OC(C)(C)C. The average Bonchev–Trinajstić information content (AvgIpc) is 3.24. The van der Waals surface area contributed by atoms with E-state index in [1.807, 2.05) is 67.6 Å². The van der Waals surface area contributed by atoms with Gasteiger partial charge in [0, 0.05) is 6.04 Å². The number of likely N-dealkylation sites (tertiary alicyclic amines) is 2. The highest BCUT2D eigenvalue weighted by atomic mass is 16.6. The molecule has 1 spiro atoms. The fourth-order valence-electron chi connectivity index (χ4n) is 5.25. The van der Waals surface area contributed by atoms with Gasteiger partial charge in [0.25, 0.3) is 5.91 Å². The van der Waals surface area contributed by atoms with Gasteiger partial charge in [-0.05, 0) is 58.6 Å². The first-order valence-electron chi connectivity index (χ1n) is 13.2. The van der Waals surface area contributed by atoms with E-state index in [1.165, 1.54) is 4.90 Å². The number of ether oxygens (including phenoxy) is 3. The molecule has 0 radical (unpaired) electrons. The van der Waals surface area contributed by atoms with Crippen molar-refractivity contribution in [1.82, 2.24) is 9.80 Å². The van der Waals surface area contributed by atoms with Crippen molar-refractivity contribution >= 4 is 18.0 Å². The molecular formula is C30H38N2O6. The maximum atomic E-state index is 13.8. The maximum absolute atomic E-state index is 13.8. The third-order valence-corrected chi connectivity index (χ3v) is 7.16. The highest BCUT2D eigenvalue weighted by Crippen LogP contribution is 2.44. The standard InChI is InChI=1S/C30H38N2O6/c1-21-16-17-30(32(21)28(35)38-29(3,4)5)20-31(27(30)34)25(22(2)36-18-23-12-8-6-9-13-23)26(33)37-19-24-14-10-7-11-15-24/h6-15,21-22,25H,16-20H2,1-5H3/t21?,22-,25+,30?/m1/s1. The Morgan fingerprint density at radius 1 is 1.00 bits per heavy atom. The second-order valence-electron chi connectivity index (χ2n) is 11.2. The number of hydrogen-bond donors (Lipinski definition) is 0. The molecule has 0 saturated carbocycles. The molecule has 2 aromatic rings. The van der Waals surface area contributed by atoms with Crippen molar-refractivity contribution < 1.29 is 28.6 Å². The lowest BCUT2D eigenvalue weighted by atomic mass is 9.83. The summed E-state index contributed by atoms with van der Waals surface area (Å²) in [5, 5.41) is 0. The molecule has 2 fully saturated rings. The zero-order chi connectivity index (χ0) is 27.5. The number of carbonyl (C=O) groups is 3. The predicted molar refractivity (Wildman–Crippen MR) is 142 cm³/mol. The number of esters is 1. The first-order chi connectivity index (χ1) is 18.0. The summed E-state index contributed by atoms with van der Waals surface area (Å²) in [6, 6.07) is 18.0. The summed E-state index contributed by atoms with van der Waals surface area (Å²) in [7, 11) is 0. The Balaban J connectivity index is 1.52. The molecule has 4 atom stereocenters. The monoisotopic (exact) mass is 522 g/mol. The van der Waals surface area contributed by atoms with Gasteiger partial charge in [-0.15, -0.1) is 0 Å². The first-order valence-corrected chi connectivity index (χ1v) is 13.2. The van der Waals surface area contributed by atoms with E-state index in [2.05, 4.69) is 0 Å². The van der Waals surface area contributed by atoms with E-state index in [9.17, 15) is 14.4 Å². The number of nitrogens with zero attached hydrogens (tertiary/aromatic N) is 2. The van der Waals surface area contributed by atoms with Crippen LogP contribution in [0, 0.1) is 0 Å². The van der Waals surface area contributed by atoms with Crippen LogP contribution in [0.15, 0.2) is 60.7 Å². The second-order valence-corrected chi connectivity index (χ2v) is 11.2. The van der Waals surface area contributed by atoms with Gasteiger partial charge in [0.1, 0.15) is 17.7 Å². The van der Waals surface area contributed by atoms with E-state index in [0.717, 1.165) is 11.1 Å². The molecule has 0 N–H and O–H groups in total. The molecule has 0 aliphatic carbocycles. The van der Waals surface area contributed by atoms with Gasteiger partial charge in [0.15, 0.2) is 6.04 Å². The minimum Gasteiger partial charge on any atom is -0.459 e. The summed E-state index contributed by atoms with van der Waals surface area (Å²) in [6.07, 6.45) is 0.0659. The molecular weight excluding hydrogens is 484 g/mol. The zero-order valence-electron chi connectivity index (χ0n) is 22.9. The van der Waals surface area contributed by atoms with E-state index in [0.29, 0.717) is 19.4 Å². The van der Waals surface area contributed by atoms with Gasteiger partial charge in [-0.3, -0.25) is 9.69 Å². The number of β-lactam (4-membered cyclic amide) rings is 1. The summed E-state index contributed by atoms with van der Waals surface area (Å²) in [5.41, 5.74) is 0.114. The number of hydrogen-bond acceptors (Lipinski definition) is 6. The van der Waals surface area contributed by atoms with Crippen LogP contribution in [0.3, 0.4) is 0 Å². The fraction of sp³-hybridized carbons (Fsp3) is 0.500. The molecule has 2 heterocycles. The van der Waals surface area contributed by atoms with Crippen molar-refractivity contribution in [2.75, 3.05) is 6.54 Å². The third kappa shape index (κ3) is 5.85. The third-order valence-electron chi connectivity index (χ3n) is 7.16. The van der Waals surface area contributed by atoms with Crippen LogP contribution in [-0.4, -0.2) is 63.6 Å². The highest BCUT2D eigenvalue weighted by Gasteiger charge is 2.65. The molecule has 2 aliphatic rings. The lowest BCUT2D eigenvalue weighted by Gasteiger charge is -2.54. The Morgan fingerprint density at radius 2 is 1.58 bits per heavy atom. The molecule has 8 nitrogen and oxygen atoms in total. The quantitative estimate of drug-likeness (QED) is 0.369. The van der Waals surface area contributed by atoms with E-state index in [4.69, 9.17) is 14.2 Å². The van der Waals surface area contributed by atoms with Crippen LogP contribution in [0.5, 0.6) is 0 Å². The van der Waals surface area contributed by atoms with Crippen LogP contribution >= 0.6 is 0 Å². The average molecular weight is 523 g/mol. The molecule has 2 aliphatic heterocycles. The maximum Gasteiger partial charge on any atom is 0.411 e. The lowest BCUT2D eigenvalue weighted by molar-refractivity contribution is -0.183. The number of rotatable bonds is 8. The van der Waals surface area contributed by atoms with E-state index >= 15 is 0 Å². The number of carbonyl (C=O) groups excluding carboxylic acids is 3. The van der Waals surface area contributed by atoms with Crippen molar-refractivity contribution in [3.63, 3.8) is 0 Å². The van der Waals surface area contributed by atoms with E-state index in [1.54, 1.807) is 32.6 Å². The summed E-state index contributed by atoms with van der Waals surface area (Å²) in [6.45, 7) is 9.71. The van der Waals surface area contributed by atoms with Crippen LogP contribution in [0.4, 0.5) is 4.79 Å². The van der Waals surface area contributed by atoms with Crippen LogP contribution in [0.1, 0.15) is 58.6 Å². The molecule has 8 heteroatoms. The normalized spacial score (nSPS) is 22.7. The fourth-order valence-corrected chi connectivity index (χ4v) is 5.25. The summed E-state index contributed by atoms with van der Waals surface area (Å²) in [4.78, 5) is 43.4. The van der Waals surface area contributed by atoms with Crippen molar-refractivity contribution in [3.05, 3.63) is 71.8 Å². The minimum atomic E-state index is -1.02. The van der Waals surface area contributed by atoms with Crippen molar-refractivity contribution in [2.45, 2.75) is 90.0 Å². The largest absolute Gasteiger partial charge is 0.459 e. The van der Waals surface area contributed by atoms with Gasteiger partial charge >= 0.3 is 12.1 Å². The number of benzene rings is 2. The van der Waals surface area contributed by atoms with Gasteiger partial charge in [0.05, 0.1) is 19.3 Å². The van der Waals surface area contributed by atoms with Crippen LogP contribution in [0.25, 0.3) is 0 Å². The molecule has 4 rings (SSSR count). The summed E-state index contributed by atoms with van der Waals surface area (Å²) in [5.74, 6) is -0.808. The zero-order valence-corrected chi connectivity index (χ0v) is 22.9. The van der Waals surface area contributed by atoms with Crippen LogP contribution in [-0.2, 0) is 37.0 Å². The lowest BCUT2D eigenvalue weighted by Crippen LogP contribution is -2.77. The topological polar surface area (TPSA) is 85.4 Å². The van der Waals surface area contributed by atoms with Crippen molar-refractivity contribution in [2.24, 2.45) is 0 Å². The van der Waals surface area contributed by atoms with Gasteiger partial charge in [-0.2, -0.15) is 0 Å². The Morgan fingerprint density at radius 3 is 2.13 bits per heavy atom. The highest BCUT2D eigenvalue weighted by molar-refractivity contribution is 5.99. The molecule has 38 heavy (non-hydrogen) atoms. The Labute approximate surface area is 224 Å². The first kappa shape index (κ1) is 27.6. The van der Waals surface area contributed by atoms with Crippen molar-refractivity contribution in [1.29, 1.82) is 0 Å². The predicted octanol–water partition coefficient (Wildman–Crippen LogP) is 4.70. The van der Waals surface area contributed by atoms with Gasteiger partial charge in [-0.1, -0.05) is 60.7 Å². The smallest absolute Gasteiger partial charge is 0.411 e. The van der Waals surface area contributed by atoms with E-state index < -0.39 is 35.3 Å². The van der Waals surface area contributed by atoms with Crippen LogP contribution < -0.4 is 0 Å². The Kier molecular flexibility index (Phi) is 8.11. The van der Waals surface area contributed by atoms with E-state index in [-0.39, 0.29) is 25.1 Å². The summed E-state index contributed by atoms with van der Waals surface area (Å²) >= 11 is 0. The van der Waals surface area contributed by atoms with Gasteiger partial charge < -0.3 is 19.1 Å². The summed E-state index contributed by atoms with van der Waals surface area (Å²) < 4.78 is 17.4. The molecule has 2 aromatic carbocycles. The van der Waals surface area contributed by atoms with Crippen LogP contribution in [0.2, 0.25) is 0 Å². The Bertz CT molecular complexity index is 1130. The minimum absolute atomic E-state index is 0.0931. The molecule has 0 bridgehead atoms. The molecule has 0 aromatic heterocycles. The Hall–Kier alpha value is -3.39. The number of amides is 2. The van der Waals surface area contributed by atoms with Crippen molar-refractivity contribution in [3.8, 4) is 0 Å². The van der Waals surface area contributed by atoms with Gasteiger partial charge in [-0.25, -0.2) is 9.59 Å². The molecule has 2 unspecified atom stereocenters. The molecule has 2 saturated heterocycles. The van der Waals surface area contributed by atoms with Gasteiger partial charge in [0.2, 0.25) is 0 Å².